The molecular weight excluding hydrogens is 181 g/mol. The molecule has 0 aliphatic heterocycles. The van der Waals surface area contributed by atoms with E-state index in [1.807, 2.05) is 20.8 Å². The maximum absolute atomic E-state index is 13.2. The van der Waals surface area contributed by atoms with Crippen molar-refractivity contribution in [2.75, 3.05) is 0 Å². The van der Waals surface area contributed by atoms with Gasteiger partial charge in [0, 0.05) is 6.04 Å². The van der Waals surface area contributed by atoms with Gasteiger partial charge in [0.2, 0.25) is 0 Å². The van der Waals surface area contributed by atoms with Crippen LogP contribution in [-0.2, 0) is 0 Å². The molecule has 1 rings (SSSR count). The van der Waals surface area contributed by atoms with Crippen molar-refractivity contribution in [1.82, 2.24) is 0 Å². The molecule has 3 heteroatoms. The number of benzene rings is 1. The average Bonchev–Trinajstić information content (AvgIpc) is 2.11. The number of nitrogens with two attached hydrogens (primary N) is 1. The Kier molecular flexibility index (Phi) is 3.47. The Morgan fingerprint density at radius 1 is 1.36 bits per heavy atom. The van der Waals surface area contributed by atoms with Crippen LogP contribution in [-0.4, -0.2) is 12.1 Å². The van der Waals surface area contributed by atoms with Gasteiger partial charge in [-0.15, -0.1) is 0 Å². The summed E-state index contributed by atoms with van der Waals surface area (Å²) in [5.74, 6) is -0.0714. The van der Waals surface area contributed by atoms with Gasteiger partial charge in [-0.25, -0.2) is 4.39 Å². The molecule has 0 aliphatic carbocycles. The van der Waals surface area contributed by atoms with Gasteiger partial charge in [0.05, 0.1) is 0 Å². The van der Waals surface area contributed by atoms with Gasteiger partial charge in [-0.05, 0) is 38.5 Å². The fourth-order valence-corrected chi connectivity index (χ4v) is 1.01. The third-order valence-corrected chi connectivity index (χ3v) is 2.14. The fraction of sp³-hybridized carbons (Fsp3) is 0.455. The molecule has 0 bridgehead atoms. The van der Waals surface area contributed by atoms with Gasteiger partial charge in [0.1, 0.15) is 6.10 Å². The van der Waals surface area contributed by atoms with Crippen LogP contribution in [0, 0.1) is 12.7 Å². The molecule has 0 heterocycles. The van der Waals surface area contributed by atoms with Gasteiger partial charge >= 0.3 is 0 Å². The van der Waals surface area contributed by atoms with Gasteiger partial charge < -0.3 is 10.5 Å². The van der Waals surface area contributed by atoms with E-state index >= 15 is 0 Å². The Morgan fingerprint density at radius 3 is 2.57 bits per heavy atom. The van der Waals surface area contributed by atoms with Crippen molar-refractivity contribution < 1.29 is 9.13 Å². The minimum absolute atomic E-state index is 0.116. The topological polar surface area (TPSA) is 35.2 Å². The van der Waals surface area contributed by atoms with Crippen LogP contribution in [0.4, 0.5) is 4.39 Å². The molecule has 14 heavy (non-hydrogen) atoms. The summed E-state index contributed by atoms with van der Waals surface area (Å²) in [5, 5.41) is 0. The Labute approximate surface area is 83.9 Å². The minimum atomic E-state index is -0.344. The van der Waals surface area contributed by atoms with Crippen LogP contribution in [0.5, 0.6) is 5.75 Å². The summed E-state index contributed by atoms with van der Waals surface area (Å²) in [6.45, 7) is 5.55. The monoisotopic (exact) mass is 197 g/mol. The zero-order chi connectivity index (χ0) is 10.7. The van der Waals surface area contributed by atoms with E-state index in [2.05, 4.69) is 0 Å². The van der Waals surface area contributed by atoms with Crippen LogP contribution in [0.2, 0.25) is 0 Å². The summed E-state index contributed by atoms with van der Waals surface area (Å²) in [6.07, 6.45) is -0.189. The van der Waals surface area contributed by atoms with Gasteiger partial charge in [-0.2, -0.15) is 0 Å². The molecule has 0 aromatic heterocycles. The second-order valence-corrected chi connectivity index (χ2v) is 3.62. The lowest BCUT2D eigenvalue weighted by Gasteiger charge is -2.18. The maximum atomic E-state index is 13.2. The molecule has 78 valence electrons. The lowest BCUT2D eigenvalue weighted by Crippen LogP contribution is -2.33. The van der Waals surface area contributed by atoms with Gasteiger partial charge in [-0.3, -0.25) is 0 Å². The van der Waals surface area contributed by atoms with Crippen LogP contribution in [0.15, 0.2) is 18.2 Å². The molecule has 0 amide bonds. The smallest absolute Gasteiger partial charge is 0.165 e. The standard InChI is InChI=1S/C11H16FNO/c1-7-4-5-10(12)11(6-7)14-9(3)8(2)13/h4-6,8-9H,13H2,1-3H3/t8-,9?/m0/s1. The molecule has 2 N–H and O–H groups in total. The lowest BCUT2D eigenvalue weighted by atomic mass is 10.2. The Hall–Kier alpha value is -1.09. The molecule has 0 aliphatic rings. The first-order chi connectivity index (χ1) is 6.50. The van der Waals surface area contributed by atoms with Crippen LogP contribution in [0.1, 0.15) is 19.4 Å². The van der Waals surface area contributed by atoms with E-state index < -0.39 is 0 Å². The van der Waals surface area contributed by atoms with E-state index in [9.17, 15) is 4.39 Å². The van der Waals surface area contributed by atoms with E-state index in [4.69, 9.17) is 10.5 Å². The van der Waals surface area contributed by atoms with Crippen LogP contribution >= 0.6 is 0 Å². The Morgan fingerprint density at radius 2 is 2.00 bits per heavy atom. The molecule has 2 nitrogen and oxygen atoms in total. The van der Waals surface area contributed by atoms with Crippen LogP contribution in [0.25, 0.3) is 0 Å². The molecule has 2 atom stereocenters. The van der Waals surface area contributed by atoms with E-state index in [0.29, 0.717) is 0 Å². The van der Waals surface area contributed by atoms with Crippen LogP contribution in [0.3, 0.4) is 0 Å². The quantitative estimate of drug-likeness (QED) is 0.806. The van der Waals surface area contributed by atoms with Crippen LogP contribution < -0.4 is 10.5 Å². The van der Waals surface area contributed by atoms with Crippen molar-refractivity contribution in [3.05, 3.63) is 29.6 Å². The average molecular weight is 197 g/mol. The molecule has 0 spiro atoms. The predicted molar refractivity (Wildman–Crippen MR) is 54.9 cm³/mol. The maximum Gasteiger partial charge on any atom is 0.165 e. The van der Waals surface area contributed by atoms with E-state index in [1.165, 1.54) is 6.07 Å². The second kappa shape index (κ2) is 4.42. The highest BCUT2D eigenvalue weighted by molar-refractivity contribution is 5.29. The summed E-state index contributed by atoms with van der Waals surface area (Å²) < 4.78 is 18.6. The van der Waals surface area contributed by atoms with Crippen molar-refractivity contribution in [1.29, 1.82) is 0 Å². The van der Waals surface area contributed by atoms with Gasteiger partial charge in [0.25, 0.3) is 0 Å². The van der Waals surface area contributed by atoms with Crippen molar-refractivity contribution in [3.63, 3.8) is 0 Å². The van der Waals surface area contributed by atoms with Gasteiger partial charge in [0.15, 0.2) is 11.6 Å². The SMILES string of the molecule is Cc1ccc(F)c(OC(C)[C@H](C)N)c1. The second-order valence-electron chi connectivity index (χ2n) is 3.62. The Bertz CT molecular complexity index is 312. The number of rotatable bonds is 3. The molecular formula is C11H16FNO. The zero-order valence-electron chi connectivity index (χ0n) is 8.75. The van der Waals surface area contributed by atoms with Crippen molar-refractivity contribution in [2.45, 2.75) is 32.9 Å². The zero-order valence-corrected chi connectivity index (χ0v) is 8.75. The molecule has 0 saturated heterocycles. The third kappa shape index (κ3) is 2.70. The van der Waals surface area contributed by atoms with Crippen molar-refractivity contribution in [3.8, 4) is 5.75 Å². The van der Waals surface area contributed by atoms with Gasteiger partial charge in [-0.1, -0.05) is 6.07 Å². The first-order valence-corrected chi connectivity index (χ1v) is 4.69. The summed E-state index contributed by atoms with van der Waals surface area (Å²) in [6, 6.07) is 4.67. The number of hydrogen-bond donors (Lipinski definition) is 1. The number of hydrogen-bond acceptors (Lipinski definition) is 2. The molecule has 1 aromatic rings. The number of halogens is 1. The Balaban J connectivity index is 2.80. The number of aryl methyl sites for hydroxylation is 1. The highest BCUT2D eigenvalue weighted by Gasteiger charge is 2.11. The minimum Gasteiger partial charge on any atom is -0.486 e. The molecule has 0 saturated carbocycles. The molecule has 1 unspecified atom stereocenters. The molecule has 0 radical (unpaired) electrons. The summed E-state index contributed by atoms with van der Waals surface area (Å²) in [5.41, 5.74) is 6.60. The lowest BCUT2D eigenvalue weighted by molar-refractivity contribution is 0.188. The first kappa shape index (κ1) is 11.0. The number of ether oxygens (including phenoxy) is 1. The highest BCUT2D eigenvalue weighted by Crippen LogP contribution is 2.20. The predicted octanol–water partition coefficient (Wildman–Crippen LogP) is 2.25. The summed E-state index contributed by atoms with van der Waals surface area (Å²) in [7, 11) is 0. The van der Waals surface area contributed by atoms with E-state index in [1.54, 1.807) is 12.1 Å². The van der Waals surface area contributed by atoms with Crippen molar-refractivity contribution in [2.24, 2.45) is 5.73 Å². The summed E-state index contributed by atoms with van der Waals surface area (Å²) >= 11 is 0. The largest absolute Gasteiger partial charge is 0.486 e. The summed E-state index contributed by atoms with van der Waals surface area (Å²) in [4.78, 5) is 0. The fourth-order valence-electron chi connectivity index (χ4n) is 1.01. The molecule has 1 aromatic carbocycles. The highest BCUT2D eigenvalue weighted by atomic mass is 19.1. The van der Waals surface area contributed by atoms with E-state index in [-0.39, 0.29) is 23.7 Å². The molecule has 0 fully saturated rings. The van der Waals surface area contributed by atoms with E-state index in [0.717, 1.165) is 5.56 Å². The normalized spacial score (nSPS) is 14.9. The van der Waals surface area contributed by atoms with Crippen molar-refractivity contribution >= 4 is 0 Å². The third-order valence-electron chi connectivity index (χ3n) is 2.14. The first-order valence-electron chi connectivity index (χ1n) is 4.69.